The van der Waals surface area contributed by atoms with Crippen LogP contribution in [0.1, 0.15) is 33.6 Å². The summed E-state index contributed by atoms with van der Waals surface area (Å²) >= 11 is 0. The molecule has 0 aromatic carbocycles. The van der Waals surface area contributed by atoms with Gasteiger partial charge in [0.05, 0.1) is 0 Å². The van der Waals surface area contributed by atoms with Gasteiger partial charge in [-0.25, -0.2) is 0 Å². The summed E-state index contributed by atoms with van der Waals surface area (Å²) in [6.07, 6.45) is 1.85. The van der Waals surface area contributed by atoms with E-state index in [-0.39, 0.29) is 6.04 Å². The first-order valence-corrected chi connectivity index (χ1v) is 7.63. The van der Waals surface area contributed by atoms with E-state index in [1.807, 2.05) is 6.92 Å². The van der Waals surface area contributed by atoms with E-state index in [4.69, 9.17) is 5.11 Å². The maximum absolute atomic E-state index is 12.4. The molecule has 1 unspecified atom stereocenters. The van der Waals surface area contributed by atoms with E-state index in [9.17, 15) is 13.2 Å². The molecule has 0 aliphatic carbocycles. The van der Waals surface area contributed by atoms with Crippen molar-refractivity contribution in [2.24, 2.45) is 5.92 Å². The SMILES string of the molecule is CC1CCCN(S(=O)(=O)N(CC(=O)O)C(C)C)C1. The average Bonchev–Trinajstić information content (AvgIpc) is 2.25. The van der Waals surface area contributed by atoms with Gasteiger partial charge in [-0.2, -0.15) is 17.0 Å². The topological polar surface area (TPSA) is 77.9 Å². The van der Waals surface area contributed by atoms with Gasteiger partial charge in [0.25, 0.3) is 10.2 Å². The molecule has 1 rings (SSSR count). The van der Waals surface area contributed by atoms with Crippen LogP contribution in [-0.2, 0) is 15.0 Å². The lowest BCUT2D eigenvalue weighted by Crippen LogP contribution is -2.51. The Kier molecular flexibility index (Phi) is 5.12. The Morgan fingerprint density at radius 1 is 1.50 bits per heavy atom. The van der Waals surface area contributed by atoms with Crippen molar-refractivity contribution in [1.29, 1.82) is 0 Å². The summed E-state index contributed by atoms with van der Waals surface area (Å²) in [5, 5.41) is 8.82. The Labute approximate surface area is 109 Å². The molecule has 6 nitrogen and oxygen atoms in total. The summed E-state index contributed by atoms with van der Waals surface area (Å²) in [5.41, 5.74) is 0. The third-order valence-electron chi connectivity index (χ3n) is 3.11. The lowest BCUT2D eigenvalue weighted by Gasteiger charge is -2.35. The zero-order valence-electron chi connectivity index (χ0n) is 11.2. The lowest BCUT2D eigenvalue weighted by atomic mass is 10.0. The fourth-order valence-electron chi connectivity index (χ4n) is 2.17. The van der Waals surface area contributed by atoms with Crippen LogP contribution >= 0.6 is 0 Å². The van der Waals surface area contributed by atoms with Crippen molar-refractivity contribution in [1.82, 2.24) is 8.61 Å². The second kappa shape index (κ2) is 5.99. The number of carbonyl (C=O) groups is 1. The molecule has 0 aromatic rings. The minimum Gasteiger partial charge on any atom is -0.480 e. The number of rotatable bonds is 5. The quantitative estimate of drug-likeness (QED) is 0.805. The summed E-state index contributed by atoms with van der Waals surface area (Å²) < 4.78 is 27.2. The molecule has 1 heterocycles. The van der Waals surface area contributed by atoms with Crippen molar-refractivity contribution in [3.05, 3.63) is 0 Å². The van der Waals surface area contributed by atoms with Crippen molar-refractivity contribution >= 4 is 16.2 Å². The number of carboxylic acids is 1. The number of aliphatic carboxylic acids is 1. The van der Waals surface area contributed by atoms with E-state index in [2.05, 4.69) is 0 Å². The highest BCUT2D eigenvalue weighted by Crippen LogP contribution is 2.21. The van der Waals surface area contributed by atoms with E-state index >= 15 is 0 Å². The van der Waals surface area contributed by atoms with Crippen LogP contribution in [0.2, 0.25) is 0 Å². The second-order valence-electron chi connectivity index (χ2n) is 5.15. The third kappa shape index (κ3) is 3.66. The van der Waals surface area contributed by atoms with Crippen LogP contribution in [0.5, 0.6) is 0 Å². The molecule has 0 radical (unpaired) electrons. The number of hydrogen-bond acceptors (Lipinski definition) is 3. The summed E-state index contributed by atoms with van der Waals surface area (Å²) in [6.45, 7) is 5.87. The largest absolute Gasteiger partial charge is 0.480 e. The Bertz CT molecular complexity index is 394. The van der Waals surface area contributed by atoms with Gasteiger partial charge < -0.3 is 5.11 Å². The van der Waals surface area contributed by atoms with Gasteiger partial charge in [0, 0.05) is 19.1 Å². The van der Waals surface area contributed by atoms with Gasteiger partial charge in [-0.3, -0.25) is 4.79 Å². The molecule has 0 saturated carbocycles. The van der Waals surface area contributed by atoms with Crippen LogP contribution in [-0.4, -0.2) is 53.8 Å². The maximum atomic E-state index is 12.4. The van der Waals surface area contributed by atoms with E-state index in [1.165, 1.54) is 4.31 Å². The highest BCUT2D eigenvalue weighted by molar-refractivity contribution is 7.86. The smallest absolute Gasteiger partial charge is 0.318 e. The summed E-state index contributed by atoms with van der Waals surface area (Å²) in [7, 11) is -3.67. The molecule has 1 aliphatic heterocycles. The summed E-state index contributed by atoms with van der Waals surface area (Å²) in [5.74, 6) is -0.801. The molecular weight excluding hydrogens is 256 g/mol. The minimum absolute atomic E-state index is 0.326. The number of hydrogen-bond donors (Lipinski definition) is 1. The van der Waals surface area contributed by atoms with Gasteiger partial charge in [-0.05, 0) is 32.6 Å². The highest BCUT2D eigenvalue weighted by atomic mass is 32.2. The maximum Gasteiger partial charge on any atom is 0.318 e. The predicted molar refractivity (Wildman–Crippen MR) is 68.4 cm³/mol. The molecule has 1 saturated heterocycles. The monoisotopic (exact) mass is 278 g/mol. The zero-order chi connectivity index (χ0) is 13.9. The zero-order valence-corrected chi connectivity index (χ0v) is 12.0. The van der Waals surface area contributed by atoms with Gasteiger partial charge in [-0.15, -0.1) is 0 Å². The molecule has 1 fully saturated rings. The van der Waals surface area contributed by atoms with Crippen molar-refractivity contribution in [2.75, 3.05) is 19.6 Å². The van der Waals surface area contributed by atoms with E-state index in [0.29, 0.717) is 19.0 Å². The van der Waals surface area contributed by atoms with E-state index < -0.39 is 22.7 Å². The molecule has 0 bridgehead atoms. The molecule has 1 atom stereocenters. The van der Waals surface area contributed by atoms with Crippen LogP contribution in [0.3, 0.4) is 0 Å². The molecule has 1 aliphatic rings. The first-order valence-electron chi connectivity index (χ1n) is 6.24. The Morgan fingerprint density at radius 2 is 2.11 bits per heavy atom. The molecule has 0 amide bonds. The standard InChI is InChI=1S/C11H22N2O4S/c1-9(2)13(8-11(14)15)18(16,17)12-6-4-5-10(3)7-12/h9-10H,4-8H2,1-3H3,(H,14,15). The van der Waals surface area contributed by atoms with E-state index in [0.717, 1.165) is 17.1 Å². The molecule has 7 heteroatoms. The van der Waals surface area contributed by atoms with E-state index in [1.54, 1.807) is 13.8 Å². The number of carboxylic acid groups (broad SMARTS) is 1. The minimum atomic E-state index is -3.67. The van der Waals surface area contributed by atoms with Crippen LogP contribution in [0.4, 0.5) is 0 Å². The molecule has 0 aromatic heterocycles. The van der Waals surface area contributed by atoms with Crippen LogP contribution < -0.4 is 0 Å². The molecule has 1 N–H and O–H groups in total. The molecule has 18 heavy (non-hydrogen) atoms. The number of piperidine rings is 1. The second-order valence-corrected chi connectivity index (χ2v) is 7.03. The summed E-state index contributed by atoms with van der Waals surface area (Å²) in [4.78, 5) is 10.8. The number of nitrogens with zero attached hydrogens (tertiary/aromatic N) is 2. The Hall–Kier alpha value is -0.660. The molecular formula is C11H22N2O4S. The van der Waals surface area contributed by atoms with Gasteiger partial charge in [0.15, 0.2) is 0 Å². The highest BCUT2D eigenvalue weighted by Gasteiger charge is 2.35. The first-order chi connectivity index (χ1) is 8.25. The lowest BCUT2D eigenvalue weighted by molar-refractivity contribution is -0.137. The predicted octanol–water partition coefficient (Wildman–Crippen LogP) is 0.758. The van der Waals surface area contributed by atoms with Crippen molar-refractivity contribution in [2.45, 2.75) is 39.7 Å². The fraction of sp³-hybridized carbons (Fsp3) is 0.909. The normalized spacial score (nSPS) is 22.6. The molecule has 0 spiro atoms. The van der Waals surface area contributed by atoms with Crippen LogP contribution in [0.25, 0.3) is 0 Å². The van der Waals surface area contributed by atoms with Crippen LogP contribution in [0, 0.1) is 5.92 Å². The average molecular weight is 278 g/mol. The Morgan fingerprint density at radius 3 is 2.56 bits per heavy atom. The van der Waals surface area contributed by atoms with Gasteiger partial charge in [0.1, 0.15) is 6.54 Å². The Balaban J connectivity index is 2.90. The van der Waals surface area contributed by atoms with Gasteiger partial charge >= 0.3 is 5.97 Å². The van der Waals surface area contributed by atoms with Gasteiger partial charge in [0.2, 0.25) is 0 Å². The van der Waals surface area contributed by atoms with Crippen molar-refractivity contribution < 1.29 is 18.3 Å². The van der Waals surface area contributed by atoms with Gasteiger partial charge in [-0.1, -0.05) is 6.92 Å². The van der Waals surface area contributed by atoms with Crippen molar-refractivity contribution in [3.63, 3.8) is 0 Å². The van der Waals surface area contributed by atoms with Crippen LogP contribution in [0.15, 0.2) is 0 Å². The van der Waals surface area contributed by atoms with Crippen molar-refractivity contribution in [3.8, 4) is 0 Å². The fourth-order valence-corrected chi connectivity index (χ4v) is 4.07. The molecule has 106 valence electrons. The summed E-state index contributed by atoms with van der Waals surface area (Å²) in [6, 6.07) is -0.358. The first kappa shape index (κ1) is 15.4. The third-order valence-corrected chi connectivity index (χ3v) is 5.24.